The highest BCUT2D eigenvalue weighted by Gasteiger charge is 2.49. The van der Waals surface area contributed by atoms with Gasteiger partial charge in [-0.1, -0.05) is 153 Å². The molecular formula is C53H61N3O8. The molecule has 0 spiro atoms. The number of fused-ring (bicyclic) bond motifs is 1. The zero-order valence-corrected chi connectivity index (χ0v) is 36.8. The third-order valence-corrected chi connectivity index (χ3v) is 11.7. The molecule has 1 aromatic heterocycles. The lowest BCUT2D eigenvalue weighted by atomic mass is 9.95. The number of aromatic amines is 1. The summed E-state index contributed by atoms with van der Waals surface area (Å²) >= 11 is 0. The monoisotopic (exact) mass is 867 g/mol. The first-order valence-electron chi connectivity index (χ1n) is 22.4. The Morgan fingerprint density at radius 1 is 0.688 bits per heavy atom. The fourth-order valence-electron chi connectivity index (χ4n) is 8.20. The molecule has 3 heterocycles. The van der Waals surface area contributed by atoms with E-state index >= 15 is 4.79 Å². The van der Waals surface area contributed by atoms with Crippen LogP contribution in [0.1, 0.15) is 48.1 Å². The van der Waals surface area contributed by atoms with Gasteiger partial charge in [0.15, 0.2) is 12.6 Å². The Morgan fingerprint density at radius 2 is 1.22 bits per heavy atom. The highest BCUT2D eigenvalue weighted by molar-refractivity contribution is 5.86. The van der Waals surface area contributed by atoms with Gasteiger partial charge in [-0.25, -0.2) is 0 Å². The molecule has 11 heteroatoms. The highest BCUT2D eigenvalue weighted by atomic mass is 16.7. The number of amides is 1. The van der Waals surface area contributed by atoms with Gasteiger partial charge in [-0.2, -0.15) is 0 Å². The second kappa shape index (κ2) is 22.6. The molecule has 1 amide bonds. The van der Waals surface area contributed by atoms with Gasteiger partial charge in [0.2, 0.25) is 5.91 Å². The summed E-state index contributed by atoms with van der Waals surface area (Å²) in [5, 5.41) is 8.05. The predicted octanol–water partition coefficient (Wildman–Crippen LogP) is 8.27. The average molecular weight is 868 g/mol. The predicted molar refractivity (Wildman–Crippen MR) is 246 cm³/mol. The van der Waals surface area contributed by atoms with Crippen molar-refractivity contribution >= 4 is 16.8 Å². The molecule has 8 rings (SSSR count). The summed E-state index contributed by atoms with van der Waals surface area (Å²) in [5.41, 5.74) is 5.96. The molecule has 11 nitrogen and oxygen atoms in total. The van der Waals surface area contributed by atoms with Gasteiger partial charge in [0.25, 0.3) is 0 Å². The molecule has 6 aromatic rings. The van der Waals surface area contributed by atoms with Crippen LogP contribution in [0.15, 0.2) is 152 Å². The van der Waals surface area contributed by atoms with Crippen molar-refractivity contribution in [3.8, 4) is 0 Å². The summed E-state index contributed by atoms with van der Waals surface area (Å²) in [6.07, 6.45) is -0.351. The molecule has 3 N–H and O–H groups in total. The Morgan fingerprint density at radius 3 is 1.83 bits per heavy atom. The lowest BCUT2D eigenvalue weighted by Gasteiger charge is -2.46. The van der Waals surface area contributed by atoms with Gasteiger partial charge in [-0.05, 0) is 40.3 Å². The van der Waals surface area contributed by atoms with Crippen LogP contribution in [-0.2, 0) is 70.8 Å². The first-order valence-corrected chi connectivity index (χ1v) is 22.4. The summed E-state index contributed by atoms with van der Waals surface area (Å²) in [4.78, 5) is 18.5. The summed E-state index contributed by atoms with van der Waals surface area (Å²) in [6.45, 7) is 7.33. The zero-order chi connectivity index (χ0) is 44.0. The topological polar surface area (TPSA) is 122 Å². The third kappa shape index (κ3) is 12.7. The van der Waals surface area contributed by atoms with E-state index in [4.69, 9.17) is 33.2 Å². The standard InChI is InChI=1S/C53H61N3O8/c1-53(2)36-62-47(63-37-53)27-28-54-45(29-42-30-55-44-26-16-15-25-43(42)44)51(57)56-48-50(60-33-40-21-11-5-12-22-40)49(59-32-39-19-9-4-10-20-39)46(35-58-31-38-17-7-3-8-18-38)64-52(48)61-34-41-23-13-6-14-24-41/h3-26,30,45-50,52,54-55H,27-29,31-37H2,1-2H3,(H,56,57)/t45-,46?,48+,49+,50+,52?/m0/s1. The Hall–Kier alpha value is -5.21. The lowest BCUT2D eigenvalue weighted by Crippen LogP contribution is -2.67. The van der Waals surface area contributed by atoms with E-state index in [-0.39, 0.29) is 37.4 Å². The van der Waals surface area contributed by atoms with E-state index in [1.165, 1.54) is 0 Å². The highest BCUT2D eigenvalue weighted by Crippen LogP contribution is 2.31. The van der Waals surface area contributed by atoms with Crippen LogP contribution in [0.3, 0.4) is 0 Å². The van der Waals surface area contributed by atoms with Gasteiger partial charge in [0.1, 0.15) is 24.4 Å². The fraction of sp³-hybridized carbons (Fsp3) is 0.377. The van der Waals surface area contributed by atoms with Gasteiger partial charge in [-0.3, -0.25) is 4.79 Å². The molecule has 64 heavy (non-hydrogen) atoms. The number of aromatic nitrogens is 1. The quantitative estimate of drug-likeness (QED) is 0.0657. The van der Waals surface area contributed by atoms with Crippen molar-refractivity contribution in [3.63, 3.8) is 0 Å². The molecule has 0 saturated carbocycles. The van der Waals surface area contributed by atoms with Crippen molar-refractivity contribution in [2.75, 3.05) is 26.4 Å². The Labute approximate surface area is 376 Å². The van der Waals surface area contributed by atoms with E-state index in [2.05, 4.69) is 35.5 Å². The smallest absolute Gasteiger partial charge is 0.237 e. The van der Waals surface area contributed by atoms with Gasteiger partial charge >= 0.3 is 0 Å². The molecular weight excluding hydrogens is 807 g/mol. The number of rotatable bonds is 21. The van der Waals surface area contributed by atoms with E-state index in [0.29, 0.717) is 45.8 Å². The molecule has 2 saturated heterocycles. The summed E-state index contributed by atoms with van der Waals surface area (Å²) in [7, 11) is 0. The van der Waals surface area contributed by atoms with E-state index in [1.807, 2.05) is 146 Å². The van der Waals surface area contributed by atoms with Crippen molar-refractivity contribution in [2.45, 2.75) is 96.1 Å². The minimum Gasteiger partial charge on any atom is -0.374 e. The number of hydrogen-bond acceptors (Lipinski definition) is 9. The fourth-order valence-corrected chi connectivity index (χ4v) is 8.20. The summed E-state index contributed by atoms with van der Waals surface area (Å²) in [5.74, 6) is -0.229. The second-order valence-corrected chi connectivity index (χ2v) is 17.5. The maximum atomic E-state index is 15.1. The van der Waals surface area contributed by atoms with Crippen LogP contribution in [0.25, 0.3) is 10.9 Å². The van der Waals surface area contributed by atoms with E-state index in [0.717, 1.165) is 38.7 Å². The van der Waals surface area contributed by atoms with Crippen LogP contribution in [-0.4, -0.2) is 80.2 Å². The lowest BCUT2D eigenvalue weighted by molar-refractivity contribution is -0.293. The van der Waals surface area contributed by atoms with Crippen molar-refractivity contribution in [1.82, 2.24) is 15.6 Å². The van der Waals surface area contributed by atoms with Gasteiger partial charge < -0.3 is 48.8 Å². The molecule has 2 fully saturated rings. The van der Waals surface area contributed by atoms with Crippen molar-refractivity contribution in [3.05, 3.63) is 180 Å². The molecule has 6 atom stereocenters. The van der Waals surface area contributed by atoms with E-state index in [9.17, 15) is 0 Å². The van der Waals surface area contributed by atoms with Crippen LogP contribution in [0.5, 0.6) is 0 Å². The minimum atomic E-state index is -0.937. The van der Waals surface area contributed by atoms with Crippen molar-refractivity contribution in [2.24, 2.45) is 5.41 Å². The average Bonchev–Trinajstić information content (AvgIpc) is 3.74. The summed E-state index contributed by atoms with van der Waals surface area (Å²) < 4.78 is 46.0. The Balaban J connectivity index is 1.10. The molecule has 2 aliphatic rings. The van der Waals surface area contributed by atoms with Crippen LogP contribution in [0.4, 0.5) is 0 Å². The van der Waals surface area contributed by atoms with Gasteiger partial charge in [-0.15, -0.1) is 0 Å². The number of carbonyl (C=O) groups excluding carboxylic acids is 1. The maximum absolute atomic E-state index is 15.1. The first kappa shape index (κ1) is 45.4. The number of para-hydroxylation sites is 1. The zero-order valence-electron chi connectivity index (χ0n) is 36.8. The van der Waals surface area contributed by atoms with Crippen molar-refractivity contribution in [1.29, 1.82) is 0 Å². The third-order valence-electron chi connectivity index (χ3n) is 11.7. The van der Waals surface area contributed by atoms with Crippen molar-refractivity contribution < 1.29 is 38.0 Å². The van der Waals surface area contributed by atoms with Crippen LogP contribution >= 0.6 is 0 Å². The Kier molecular flexibility index (Phi) is 16.0. The molecule has 5 aromatic carbocycles. The molecule has 0 bridgehead atoms. The molecule has 2 unspecified atom stereocenters. The van der Waals surface area contributed by atoms with E-state index < -0.39 is 36.7 Å². The number of H-pyrrole nitrogens is 1. The second-order valence-electron chi connectivity index (χ2n) is 17.5. The number of nitrogens with one attached hydrogen (secondary N) is 3. The molecule has 336 valence electrons. The molecule has 2 aliphatic heterocycles. The van der Waals surface area contributed by atoms with Crippen LogP contribution < -0.4 is 10.6 Å². The largest absolute Gasteiger partial charge is 0.374 e. The number of ether oxygens (including phenoxy) is 7. The van der Waals surface area contributed by atoms with Gasteiger partial charge in [0, 0.05) is 35.5 Å². The molecule has 0 aliphatic carbocycles. The first-order chi connectivity index (χ1) is 31.4. The van der Waals surface area contributed by atoms with Crippen LogP contribution in [0, 0.1) is 5.41 Å². The maximum Gasteiger partial charge on any atom is 0.237 e. The Bertz CT molecular complexity index is 2280. The minimum absolute atomic E-state index is 0.0440. The number of carbonyl (C=O) groups is 1. The SMILES string of the molecule is CC1(C)COC(CCN[C@@H](Cc2c[nH]c3ccccc23)C(=O)N[C@H]2C(OCc3ccccc3)OC(COCc3ccccc3)[C@@H](OCc3ccccc3)[C@@H]2OCc2ccccc2)OC1. The van der Waals surface area contributed by atoms with Crippen LogP contribution in [0.2, 0.25) is 0 Å². The normalized spacial score (nSPS) is 21.7. The van der Waals surface area contributed by atoms with E-state index in [1.54, 1.807) is 0 Å². The molecule has 0 radical (unpaired) electrons. The number of hydrogen-bond donors (Lipinski definition) is 3. The summed E-state index contributed by atoms with van der Waals surface area (Å²) in [6, 6.07) is 46.7. The number of benzene rings is 5. The van der Waals surface area contributed by atoms with Gasteiger partial charge in [0.05, 0.1) is 52.3 Å².